The first kappa shape index (κ1) is 24.2. The number of aromatic amines is 1. The molecule has 1 aliphatic rings. The normalized spacial score (nSPS) is 15.1. The number of imidazole rings is 1. The smallest absolute Gasteiger partial charge is 0.248 e. The Hall–Kier alpha value is -4.46. The van der Waals surface area contributed by atoms with Gasteiger partial charge in [-0.05, 0) is 30.3 Å². The zero-order valence-corrected chi connectivity index (χ0v) is 20.1. The molecule has 3 heterocycles. The average Bonchev–Trinajstić information content (AvgIpc) is 3.60. The highest BCUT2D eigenvalue weighted by molar-refractivity contribution is 6.31. The van der Waals surface area contributed by atoms with Crippen LogP contribution in [0.3, 0.4) is 0 Å². The van der Waals surface area contributed by atoms with Gasteiger partial charge in [0.25, 0.3) is 0 Å². The Morgan fingerprint density at radius 3 is 2.95 bits per heavy atom. The molecule has 0 bridgehead atoms. The lowest BCUT2D eigenvalue weighted by Gasteiger charge is -2.18. The summed E-state index contributed by atoms with van der Waals surface area (Å²) in [5, 5.41) is 16.2. The first-order chi connectivity index (χ1) is 18.0. The van der Waals surface area contributed by atoms with Gasteiger partial charge in [-0.1, -0.05) is 11.6 Å². The van der Waals surface area contributed by atoms with Crippen molar-refractivity contribution < 1.29 is 18.7 Å². The van der Waals surface area contributed by atoms with E-state index in [2.05, 4.69) is 31.7 Å². The molecule has 0 aliphatic carbocycles. The number of ether oxygens (including phenoxy) is 2. The zero-order valence-electron chi connectivity index (χ0n) is 19.3. The van der Waals surface area contributed by atoms with Gasteiger partial charge >= 0.3 is 0 Å². The zero-order chi connectivity index (χ0) is 25.8. The number of pyridine rings is 1. The van der Waals surface area contributed by atoms with Crippen molar-refractivity contribution in [1.29, 1.82) is 5.26 Å². The number of nitriles is 1. The number of benzene rings is 2. The van der Waals surface area contributed by atoms with Crippen molar-refractivity contribution in [3.63, 3.8) is 0 Å². The molecule has 1 atom stereocenters. The number of fused-ring (bicyclic) bond motifs is 1. The van der Waals surface area contributed by atoms with E-state index in [1.54, 1.807) is 30.6 Å². The van der Waals surface area contributed by atoms with Crippen LogP contribution in [-0.2, 0) is 9.53 Å². The van der Waals surface area contributed by atoms with Crippen molar-refractivity contribution in [3.05, 3.63) is 77.2 Å². The van der Waals surface area contributed by atoms with Crippen LogP contribution < -0.4 is 15.4 Å². The Labute approximate surface area is 215 Å². The van der Waals surface area contributed by atoms with E-state index in [0.29, 0.717) is 59.2 Å². The molecule has 5 rings (SSSR count). The number of rotatable bonds is 7. The number of hydrogen-bond acceptors (Lipinski definition) is 7. The first-order valence-electron chi connectivity index (χ1n) is 11.3. The predicted octanol–water partition coefficient (Wildman–Crippen LogP) is 5.19. The second-order valence-corrected chi connectivity index (χ2v) is 8.59. The van der Waals surface area contributed by atoms with Crippen LogP contribution in [0, 0.1) is 17.1 Å². The lowest BCUT2D eigenvalue weighted by molar-refractivity contribution is -0.111. The monoisotopic (exact) mass is 518 g/mol. The summed E-state index contributed by atoms with van der Waals surface area (Å²) >= 11 is 5.94. The Morgan fingerprint density at radius 1 is 1.32 bits per heavy atom. The molecule has 11 heteroatoms. The number of anilines is 3. The molecule has 0 saturated carbocycles. The third kappa shape index (κ3) is 5.53. The lowest BCUT2D eigenvalue weighted by Crippen LogP contribution is -2.18. The summed E-state index contributed by atoms with van der Waals surface area (Å²) in [4.78, 5) is 24.1. The standard InChI is InChI=1S/C26H20ClFN6O3/c27-19-9-16(1-2-20(19)28)33-26-15(12-29)13-32-21-11-23(37-17-5-8-36-14-17)22(10-18(21)26)34-25(35)4-3-24-30-6-7-31-24/h1-4,6-7,9-11,13,17H,5,8,14H2,(H,30,31)(H,32,33)(H,34,35)/b4-3+/t17-/m0/s1. The summed E-state index contributed by atoms with van der Waals surface area (Å²) in [5.74, 6) is -0.0265. The van der Waals surface area contributed by atoms with Gasteiger partial charge in [0.1, 0.15) is 29.6 Å². The van der Waals surface area contributed by atoms with Crippen molar-refractivity contribution in [2.75, 3.05) is 23.8 Å². The van der Waals surface area contributed by atoms with Gasteiger partial charge in [-0.2, -0.15) is 5.26 Å². The van der Waals surface area contributed by atoms with Crippen LogP contribution in [0.15, 0.2) is 55.0 Å². The van der Waals surface area contributed by atoms with Gasteiger partial charge in [-0.15, -0.1) is 0 Å². The van der Waals surface area contributed by atoms with Crippen molar-refractivity contribution in [3.8, 4) is 11.8 Å². The van der Waals surface area contributed by atoms with Crippen LogP contribution in [0.2, 0.25) is 5.02 Å². The molecule has 0 spiro atoms. The summed E-state index contributed by atoms with van der Waals surface area (Å²) in [6.45, 7) is 1.02. The number of hydrogen-bond donors (Lipinski definition) is 3. The van der Waals surface area contributed by atoms with E-state index in [0.717, 1.165) is 0 Å². The number of carbonyl (C=O) groups is 1. The van der Waals surface area contributed by atoms with E-state index in [1.165, 1.54) is 30.5 Å². The van der Waals surface area contributed by atoms with Crippen LogP contribution in [-0.4, -0.2) is 40.2 Å². The van der Waals surface area contributed by atoms with Gasteiger partial charge in [-0.25, -0.2) is 9.37 Å². The molecule has 4 aromatic rings. The molecule has 3 N–H and O–H groups in total. The topological polar surface area (TPSA) is 125 Å². The second kappa shape index (κ2) is 10.7. The maximum Gasteiger partial charge on any atom is 0.248 e. The maximum absolute atomic E-state index is 13.7. The minimum atomic E-state index is -0.558. The summed E-state index contributed by atoms with van der Waals surface area (Å²) in [6.07, 6.45) is 8.09. The molecule has 0 radical (unpaired) electrons. The Morgan fingerprint density at radius 2 is 2.22 bits per heavy atom. The molecule has 2 aromatic carbocycles. The molecular weight excluding hydrogens is 499 g/mol. The Balaban J connectivity index is 1.56. The molecule has 0 unspecified atom stereocenters. The summed E-state index contributed by atoms with van der Waals surface area (Å²) in [7, 11) is 0. The van der Waals surface area contributed by atoms with Gasteiger partial charge in [0, 0.05) is 48.2 Å². The quantitative estimate of drug-likeness (QED) is 0.288. The van der Waals surface area contributed by atoms with E-state index < -0.39 is 11.7 Å². The largest absolute Gasteiger partial charge is 0.486 e. The highest BCUT2D eigenvalue weighted by Gasteiger charge is 2.21. The molecule has 1 saturated heterocycles. The van der Waals surface area contributed by atoms with Gasteiger partial charge in [-0.3, -0.25) is 9.78 Å². The number of H-pyrrole nitrogens is 1. The van der Waals surface area contributed by atoms with Crippen LogP contribution >= 0.6 is 11.6 Å². The van der Waals surface area contributed by atoms with Crippen LogP contribution in [0.25, 0.3) is 17.0 Å². The summed E-state index contributed by atoms with van der Waals surface area (Å²) in [6, 6.07) is 9.65. The van der Waals surface area contributed by atoms with Gasteiger partial charge in [0.05, 0.1) is 40.7 Å². The van der Waals surface area contributed by atoms with Gasteiger partial charge in [0.15, 0.2) is 0 Å². The molecular formula is C26H20ClFN6O3. The minimum Gasteiger partial charge on any atom is -0.486 e. The number of nitrogens with one attached hydrogen (secondary N) is 3. The first-order valence-corrected chi connectivity index (χ1v) is 11.7. The third-order valence-electron chi connectivity index (χ3n) is 5.63. The fraction of sp³-hybridized carbons (Fsp3) is 0.154. The SMILES string of the molecule is N#Cc1cnc2cc(O[C@H]3CCOC3)c(NC(=O)/C=C/c3ncc[nH]3)cc2c1Nc1ccc(F)c(Cl)c1. The molecule has 1 aliphatic heterocycles. The van der Waals surface area contributed by atoms with E-state index in [1.807, 2.05) is 0 Å². The molecule has 1 fully saturated rings. The Kier molecular flexibility index (Phi) is 6.98. The number of carbonyl (C=O) groups excluding carboxylic acids is 1. The molecule has 186 valence electrons. The number of nitrogens with zero attached hydrogens (tertiary/aromatic N) is 3. The molecule has 2 aromatic heterocycles. The summed E-state index contributed by atoms with van der Waals surface area (Å²) < 4.78 is 25.2. The average molecular weight is 519 g/mol. The van der Waals surface area contributed by atoms with E-state index in [9.17, 15) is 14.4 Å². The Bertz CT molecular complexity index is 1530. The van der Waals surface area contributed by atoms with Crippen LogP contribution in [0.4, 0.5) is 21.5 Å². The number of halogens is 2. The fourth-order valence-corrected chi connectivity index (χ4v) is 4.02. The molecule has 9 nitrogen and oxygen atoms in total. The number of aromatic nitrogens is 3. The van der Waals surface area contributed by atoms with Crippen molar-refractivity contribution in [2.45, 2.75) is 12.5 Å². The summed E-state index contributed by atoms with van der Waals surface area (Å²) in [5.41, 5.74) is 2.05. The highest BCUT2D eigenvalue weighted by atomic mass is 35.5. The van der Waals surface area contributed by atoms with Crippen LogP contribution in [0.1, 0.15) is 17.8 Å². The predicted molar refractivity (Wildman–Crippen MR) is 137 cm³/mol. The van der Waals surface area contributed by atoms with Crippen molar-refractivity contribution in [2.24, 2.45) is 0 Å². The third-order valence-corrected chi connectivity index (χ3v) is 5.92. The lowest BCUT2D eigenvalue weighted by atomic mass is 10.1. The minimum absolute atomic E-state index is 0.0624. The van der Waals surface area contributed by atoms with Crippen molar-refractivity contribution >= 4 is 51.5 Å². The molecule has 1 amide bonds. The second-order valence-electron chi connectivity index (χ2n) is 8.18. The molecule has 37 heavy (non-hydrogen) atoms. The van der Waals surface area contributed by atoms with Gasteiger partial charge in [0.2, 0.25) is 5.91 Å². The maximum atomic E-state index is 13.7. The van der Waals surface area contributed by atoms with E-state index in [4.69, 9.17) is 21.1 Å². The van der Waals surface area contributed by atoms with Gasteiger partial charge < -0.3 is 25.1 Å². The number of amides is 1. The van der Waals surface area contributed by atoms with Crippen molar-refractivity contribution in [1.82, 2.24) is 15.0 Å². The van der Waals surface area contributed by atoms with E-state index >= 15 is 0 Å². The fourth-order valence-electron chi connectivity index (χ4n) is 3.84. The highest BCUT2D eigenvalue weighted by Crippen LogP contribution is 2.37. The van der Waals surface area contributed by atoms with Crippen LogP contribution in [0.5, 0.6) is 5.75 Å². The van der Waals surface area contributed by atoms with E-state index in [-0.39, 0.29) is 16.7 Å².